The van der Waals surface area contributed by atoms with Crippen LogP contribution in [0.3, 0.4) is 0 Å². The van der Waals surface area contributed by atoms with Gasteiger partial charge in [0.15, 0.2) is 0 Å². The number of benzene rings is 1. The van der Waals surface area contributed by atoms with E-state index in [1.54, 1.807) is 0 Å². The van der Waals surface area contributed by atoms with Crippen molar-refractivity contribution >= 4 is 27.7 Å². The Bertz CT molecular complexity index is 348. The van der Waals surface area contributed by atoms with Crippen LogP contribution in [-0.4, -0.2) is 17.5 Å². The quantitative estimate of drug-likeness (QED) is 0.912. The van der Waals surface area contributed by atoms with Crippen LogP contribution in [0.1, 0.15) is 24.0 Å². The molecule has 0 aromatic heterocycles. The van der Waals surface area contributed by atoms with Gasteiger partial charge in [0.25, 0.3) is 0 Å². The summed E-state index contributed by atoms with van der Waals surface area (Å²) in [4.78, 5) is 0. The van der Waals surface area contributed by atoms with E-state index in [2.05, 4.69) is 58.1 Å². The molecule has 1 aromatic rings. The third-order valence-corrected chi connectivity index (χ3v) is 4.80. The van der Waals surface area contributed by atoms with Gasteiger partial charge in [0.05, 0.1) is 0 Å². The molecule has 1 aromatic carbocycles. The van der Waals surface area contributed by atoms with Gasteiger partial charge in [-0.15, -0.1) is 0 Å². The molecule has 16 heavy (non-hydrogen) atoms. The lowest BCUT2D eigenvalue weighted by molar-refractivity contribution is 0.481. The van der Waals surface area contributed by atoms with E-state index in [0.717, 1.165) is 12.6 Å². The molecule has 1 heterocycles. The lowest BCUT2D eigenvalue weighted by Gasteiger charge is -2.23. The molecule has 0 atom stereocenters. The second-order valence-electron chi connectivity index (χ2n) is 4.36. The van der Waals surface area contributed by atoms with Gasteiger partial charge in [-0.05, 0) is 48.5 Å². The molecule has 0 unspecified atom stereocenters. The highest BCUT2D eigenvalue weighted by Crippen LogP contribution is 2.20. The zero-order valence-electron chi connectivity index (χ0n) is 9.63. The van der Waals surface area contributed by atoms with Gasteiger partial charge in [0, 0.05) is 17.1 Å². The van der Waals surface area contributed by atoms with E-state index in [1.807, 2.05) is 0 Å². The highest BCUT2D eigenvalue weighted by atomic mass is 79.9. The first-order valence-corrected chi connectivity index (χ1v) is 7.76. The Labute approximate surface area is 111 Å². The largest absolute Gasteiger partial charge is 0.310 e. The molecule has 3 heteroatoms. The molecular weight excluding hydrogens is 282 g/mol. The van der Waals surface area contributed by atoms with Crippen LogP contribution in [-0.2, 0) is 6.54 Å². The SMILES string of the molecule is Cc1ccc(CNC2CCSCC2)c(Br)c1. The van der Waals surface area contributed by atoms with Crippen LogP contribution in [0.15, 0.2) is 22.7 Å². The highest BCUT2D eigenvalue weighted by Gasteiger charge is 2.13. The van der Waals surface area contributed by atoms with E-state index in [9.17, 15) is 0 Å². The van der Waals surface area contributed by atoms with Gasteiger partial charge in [-0.2, -0.15) is 11.8 Å². The lowest BCUT2D eigenvalue weighted by Crippen LogP contribution is -2.32. The van der Waals surface area contributed by atoms with Gasteiger partial charge in [-0.1, -0.05) is 28.1 Å². The van der Waals surface area contributed by atoms with Crippen molar-refractivity contribution in [3.8, 4) is 0 Å². The standard InChI is InChI=1S/C13H18BrNS/c1-10-2-3-11(13(14)8-10)9-15-12-4-6-16-7-5-12/h2-3,8,12,15H,4-7,9H2,1H3. The summed E-state index contributed by atoms with van der Waals surface area (Å²) in [7, 11) is 0. The zero-order chi connectivity index (χ0) is 11.4. The molecule has 1 aliphatic heterocycles. The molecule has 0 spiro atoms. The number of rotatable bonds is 3. The Hall–Kier alpha value is 0.01000. The topological polar surface area (TPSA) is 12.0 Å². The zero-order valence-corrected chi connectivity index (χ0v) is 12.0. The minimum Gasteiger partial charge on any atom is -0.310 e. The number of hydrogen-bond acceptors (Lipinski definition) is 2. The summed E-state index contributed by atoms with van der Waals surface area (Å²) in [6, 6.07) is 7.30. The maximum absolute atomic E-state index is 3.65. The van der Waals surface area contributed by atoms with Gasteiger partial charge < -0.3 is 5.32 Å². The molecule has 0 saturated carbocycles. The predicted molar refractivity (Wildman–Crippen MR) is 76.1 cm³/mol. The van der Waals surface area contributed by atoms with Gasteiger partial charge in [0.1, 0.15) is 0 Å². The van der Waals surface area contributed by atoms with Gasteiger partial charge in [-0.3, -0.25) is 0 Å². The summed E-state index contributed by atoms with van der Waals surface area (Å²) in [6.45, 7) is 3.11. The smallest absolute Gasteiger partial charge is 0.0222 e. The van der Waals surface area contributed by atoms with E-state index in [1.165, 1.54) is 39.9 Å². The molecule has 1 fully saturated rings. The Balaban J connectivity index is 1.88. The van der Waals surface area contributed by atoms with Crippen LogP contribution in [0.4, 0.5) is 0 Å². The maximum atomic E-state index is 3.65. The minimum absolute atomic E-state index is 0.717. The van der Waals surface area contributed by atoms with Crippen molar-refractivity contribution in [3.05, 3.63) is 33.8 Å². The molecule has 0 radical (unpaired) electrons. The second kappa shape index (κ2) is 6.08. The summed E-state index contributed by atoms with van der Waals surface area (Å²) < 4.78 is 1.23. The molecule has 2 rings (SSSR count). The van der Waals surface area contributed by atoms with Gasteiger partial charge in [0.2, 0.25) is 0 Å². The molecular formula is C13H18BrNS. The fourth-order valence-corrected chi connectivity index (χ4v) is 3.69. The molecule has 1 nitrogen and oxygen atoms in total. The van der Waals surface area contributed by atoms with Crippen molar-refractivity contribution in [2.45, 2.75) is 32.4 Å². The Morgan fingerprint density at radius 3 is 2.81 bits per heavy atom. The first-order chi connectivity index (χ1) is 7.75. The predicted octanol–water partition coefficient (Wildman–Crippen LogP) is 3.74. The number of thioether (sulfide) groups is 1. The van der Waals surface area contributed by atoms with Crippen LogP contribution < -0.4 is 5.32 Å². The van der Waals surface area contributed by atoms with Crippen molar-refractivity contribution in [2.75, 3.05) is 11.5 Å². The van der Waals surface area contributed by atoms with Crippen molar-refractivity contribution < 1.29 is 0 Å². The van der Waals surface area contributed by atoms with Crippen LogP contribution >= 0.6 is 27.7 Å². The highest BCUT2D eigenvalue weighted by molar-refractivity contribution is 9.10. The molecule has 1 aliphatic rings. The second-order valence-corrected chi connectivity index (χ2v) is 6.44. The van der Waals surface area contributed by atoms with Crippen LogP contribution in [0, 0.1) is 6.92 Å². The van der Waals surface area contributed by atoms with Crippen molar-refractivity contribution in [2.24, 2.45) is 0 Å². The first kappa shape index (κ1) is 12.5. The third kappa shape index (κ3) is 3.51. The monoisotopic (exact) mass is 299 g/mol. The Kier molecular flexibility index (Phi) is 4.74. The molecule has 0 bridgehead atoms. The van der Waals surface area contributed by atoms with Crippen molar-refractivity contribution in [1.29, 1.82) is 0 Å². The Morgan fingerprint density at radius 1 is 1.38 bits per heavy atom. The summed E-state index contributed by atoms with van der Waals surface area (Å²) >= 11 is 5.70. The van der Waals surface area contributed by atoms with Crippen LogP contribution in [0.5, 0.6) is 0 Å². The van der Waals surface area contributed by atoms with E-state index in [0.29, 0.717) is 0 Å². The van der Waals surface area contributed by atoms with Gasteiger partial charge >= 0.3 is 0 Å². The number of nitrogens with one attached hydrogen (secondary N) is 1. The van der Waals surface area contributed by atoms with E-state index in [4.69, 9.17) is 0 Å². The normalized spacial score (nSPS) is 17.6. The number of hydrogen-bond donors (Lipinski definition) is 1. The maximum Gasteiger partial charge on any atom is 0.0222 e. The average molecular weight is 300 g/mol. The molecule has 88 valence electrons. The average Bonchev–Trinajstić information content (AvgIpc) is 2.29. The fraction of sp³-hybridized carbons (Fsp3) is 0.538. The van der Waals surface area contributed by atoms with E-state index < -0.39 is 0 Å². The minimum atomic E-state index is 0.717. The summed E-state index contributed by atoms with van der Waals surface area (Å²) in [5.41, 5.74) is 2.67. The number of aryl methyl sites for hydroxylation is 1. The lowest BCUT2D eigenvalue weighted by atomic mass is 10.1. The molecule has 1 N–H and O–H groups in total. The molecule has 0 amide bonds. The summed E-state index contributed by atoms with van der Waals surface area (Å²) in [5.74, 6) is 2.62. The van der Waals surface area contributed by atoms with E-state index in [-0.39, 0.29) is 0 Å². The fourth-order valence-electron chi connectivity index (χ4n) is 1.95. The van der Waals surface area contributed by atoms with Crippen molar-refractivity contribution in [3.63, 3.8) is 0 Å². The first-order valence-electron chi connectivity index (χ1n) is 5.82. The summed E-state index contributed by atoms with van der Waals surface area (Å²) in [5, 5.41) is 3.65. The third-order valence-electron chi connectivity index (χ3n) is 3.01. The summed E-state index contributed by atoms with van der Waals surface area (Å²) in [6.07, 6.45) is 2.63. The van der Waals surface area contributed by atoms with E-state index >= 15 is 0 Å². The molecule has 0 aliphatic carbocycles. The van der Waals surface area contributed by atoms with Crippen LogP contribution in [0.2, 0.25) is 0 Å². The molecule has 1 saturated heterocycles. The Morgan fingerprint density at radius 2 is 2.12 bits per heavy atom. The van der Waals surface area contributed by atoms with Crippen LogP contribution in [0.25, 0.3) is 0 Å². The number of halogens is 1. The van der Waals surface area contributed by atoms with Gasteiger partial charge in [-0.25, -0.2) is 0 Å². The van der Waals surface area contributed by atoms with Crippen molar-refractivity contribution in [1.82, 2.24) is 5.32 Å².